The van der Waals surface area contributed by atoms with E-state index in [2.05, 4.69) is 4.98 Å². The maximum absolute atomic E-state index is 14.3. The van der Waals surface area contributed by atoms with Crippen LogP contribution in [0.3, 0.4) is 0 Å². The molecule has 0 amide bonds. The van der Waals surface area contributed by atoms with Gasteiger partial charge in [0.05, 0.1) is 27.6 Å². The first-order valence-corrected chi connectivity index (χ1v) is 15.9. The SMILES string of the molecule is COCOC1(c2ncc(-c3c(Cl)cnc4c3cc(-c3ccc(N)cc3OC)n4S(=O)(=O)c3ccc(C)cc3)s2)CCC1. The Kier molecular flexibility index (Phi) is 7.48. The lowest BCUT2D eigenvalue weighted by atomic mass is 9.80. The third kappa shape index (κ3) is 4.75. The van der Waals surface area contributed by atoms with Gasteiger partial charge in [0.1, 0.15) is 23.2 Å². The van der Waals surface area contributed by atoms with Gasteiger partial charge in [-0.15, -0.1) is 11.3 Å². The number of anilines is 1. The molecule has 0 atom stereocenters. The molecular weight excluding hydrogens is 596 g/mol. The minimum absolute atomic E-state index is 0.127. The number of fused-ring (bicyclic) bond motifs is 1. The molecule has 12 heteroatoms. The third-order valence-corrected chi connectivity index (χ3v) is 10.8. The Morgan fingerprint density at radius 1 is 1.07 bits per heavy atom. The van der Waals surface area contributed by atoms with Crippen molar-refractivity contribution < 1.29 is 22.6 Å². The van der Waals surface area contributed by atoms with Crippen LogP contribution in [0.25, 0.3) is 32.7 Å². The highest BCUT2D eigenvalue weighted by molar-refractivity contribution is 7.90. The lowest BCUT2D eigenvalue weighted by molar-refractivity contribution is -0.171. The zero-order valence-electron chi connectivity index (χ0n) is 23.3. The lowest BCUT2D eigenvalue weighted by Gasteiger charge is -2.39. The molecule has 1 aliphatic carbocycles. The van der Waals surface area contributed by atoms with Crippen molar-refractivity contribution in [2.75, 3.05) is 26.7 Å². The lowest BCUT2D eigenvalue weighted by Crippen LogP contribution is -2.37. The summed E-state index contributed by atoms with van der Waals surface area (Å²) in [6.45, 7) is 2.07. The summed E-state index contributed by atoms with van der Waals surface area (Å²) in [5, 5.41) is 1.76. The number of pyridine rings is 1. The van der Waals surface area contributed by atoms with E-state index in [1.54, 1.807) is 61.8 Å². The Bertz CT molecular complexity index is 1900. The summed E-state index contributed by atoms with van der Waals surface area (Å²) < 4.78 is 46.7. The van der Waals surface area contributed by atoms with E-state index in [0.717, 1.165) is 34.7 Å². The van der Waals surface area contributed by atoms with Gasteiger partial charge in [-0.05, 0) is 56.5 Å². The predicted molar refractivity (Wildman–Crippen MR) is 165 cm³/mol. The van der Waals surface area contributed by atoms with Gasteiger partial charge in [0.2, 0.25) is 0 Å². The van der Waals surface area contributed by atoms with Crippen LogP contribution in [0.15, 0.2) is 65.8 Å². The number of halogens is 1. The highest BCUT2D eigenvalue weighted by atomic mass is 35.5. The Morgan fingerprint density at radius 2 is 1.83 bits per heavy atom. The van der Waals surface area contributed by atoms with Crippen LogP contribution < -0.4 is 10.5 Å². The molecule has 1 fully saturated rings. The number of ether oxygens (including phenoxy) is 3. The van der Waals surface area contributed by atoms with Crippen molar-refractivity contribution in [2.45, 2.75) is 36.7 Å². The molecule has 6 rings (SSSR count). The first-order valence-electron chi connectivity index (χ1n) is 13.2. The monoisotopic (exact) mass is 624 g/mol. The number of rotatable bonds is 9. The van der Waals surface area contributed by atoms with E-state index in [1.807, 2.05) is 6.92 Å². The van der Waals surface area contributed by atoms with Crippen LogP contribution in [0.5, 0.6) is 5.75 Å². The molecule has 5 aromatic rings. The highest BCUT2D eigenvalue weighted by Crippen LogP contribution is 2.49. The standard InChI is InChI=1S/C30H29ClN4O5S2/c1-18-5-8-20(9-6-18)42(36,37)35-24(21-10-7-19(32)13-25(21)39-3)14-22-27(23(31)15-33-28(22)35)26-16-34-29(41-26)30(11-4-12-30)40-17-38-2/h5-10,13-16H,4,11-12,17,32H2,1-3H3. The average Bonchev–Trinajstić information content (AvgIpc) is 3.58. The molecule has 2 N–H and O–H groups in total. The second-order valence-corrected chi connectivity index (χ2v) is 13.4. The van der Waals surface area contributed by atoms with Gasteiger partial charge in [0.25, 0.3) is 10.0 Å². The van der Waals surface area contributed by atoms with Crippen LogP contribution in [0.4, 0.5) is 5.69 Å². The van der Waals surface area contributed by atoms with E-state index in [-0.39, 0.29) is 17.3 Å². The normalized spacial score (nSPS) is 14.7. The molecule has 0 saturated heterocycles. The van der Waals surface area contributed by atoms with Crippen molar-refractivity contribution >= 4 is 49.7 Å². The molecule has 1 saturated carbocycles. The van der Waals surface area contributed by atoms with Gasteiger partial charge in [0, 0.05) is 47.8 Å². The van der Waals surface area contributed by atoms with Crippen LogP contribution >= 0.6 is 22.9 Å². The van der Waals surface area contributed by atoms with Gasteiger partial charge in [-0.25, -0.2) is 22.4 Å². The minimum atomic E-state index is -4.11. The maximum atomic E-state index is 14.3. The Morgan fingerprint density at radius 3 is 2.50 bits per heavy atom. The Balaban J connectivity index is 1.61. The molecule has 2 aromatic carbocycles. The zero-order chi connectivity index (χ0) is 29.6. The van der Waals surface area contributed by atoms with Crippen molar-refractivity contribution in [3.63, 3.8) is 0 Å². The molecule has 3 heterocycles. The molecule has 0 spiro atoms. The zero-order valence-corrected chi connectivity index (χ0v) is 25.6. The van der Waals surface area contributed by atoms with Gasteiger partial charge in [-0.1, -0.05) is 29.3 Å². The maximum Gasteiger partial charge on any atom is 0.269 e. The number of benzene rings is 2. The number of nitrogens with two attached hydrogens (primary N) is 1. The summed E-state index contributed by atoms with van der Waals surface area (Å²) in [5.74, 6) is 0.424. The van der Waals surface area contributed by atoms with Gasteiger partial charge in [-0.2, -0.15) is 0 Å². The second kappa shape index (κ2) is 11.0. The van der Waals surface area contributed by atoms with Crippen LogP contribution in [-0.2, 0) is 25.1 Å². The van der Waals surface area contributed by atoms with Gasteiger partial charge in [0.15, 0.2) is 5.65 Å². The van der Waals surface area contributed by atoms with E-state index in [0.29, 0.717) is 38.7 Å². The molecule has 9 nitrogen and oxygen atoms in total. The van der Waals surface area contributed by atoms with Crippen molar-refractivity contribution in [3.8, 4) is 27.4 Å². The fraction of sp³-hybridized carbons (Fsp3) is 0.267. The molecule has 1 aliphatic rings. The minimum Gasteiger partial charge on any atom is -0.496 e. The van der Waals surface area contributed by atoms with Crippen molar-refractivity contribution in [3.05, 3.63) is 76.5 Å². The molecule has 42 heavy (non-hydrogen) atoms. The first-order chi connectivity index (χ1) is 20.2. The number of nitrogens with zero attached hydrogens (tertiary/aromatic N) is 3. The van der Waals surface area contributed by atoms with Crippen molar-refractivity contribution in [1.29, 1.82) is 0 Å². The second-order valence-electron chi connectivity index (χ2n) is 10.2. The number of nitrogen functional groups attached to an aromatic ring is 1. The fourth-order valence-electron chi connectivity index (χ4n) is 5.21. The van der Waals surface area contributed by atoms with Crippen LogP contribution in [-0.4, -0.2) is 43.4 Å². The van der Waals surface area contributed by atoms with E-state index in [1.165, 1.54) is 28.6 Å². The Labute approximate surface area is 252 Å². The van der Waals surface area contributed by atoms with E-state index >= 15 is 0 Å². The summed E-state index contributed by atoms with van der Waals surface area (Å²) in [5.41, 5.74) is 8.73. The molecule has 0 unspecified atom stereocenters. The molecule has 218 valence electrons. The Hall–Kier alpha value is -3.48. The summed E-state index contributed by atoms with van der Waals surface area (Å²) in [6.07, 6.45) is 5.95. The summed E-state index contributed by atoms with van der Waals surface area (Å²) >= 11 is 8.26. The van der Waals surface area contributed by atoms with Crippen LogP contribution in [0.2, 0.25) is 5.02 Å². The number of aromatic nitrogens is 3. The van der Waals surface area contributed by atoms with Gasteiger partial charge < -0.3 is 19.9 Å². The number of aryl methyl sites for hydroxylation is 1. The number of methoxy groups -OCH3 is 2. The molecule has 0 bridgehead atoms. The summed E-state index contributed by atoms with van der Waals surface area (Å²) in [4.78, 5) is 10.2. The average molecular weight is 625 g/mol. The number of hydrogen-bond donors (Lipinski definition) is 1. The number of thiazole rings is 1. The quantitative estimate of drug-likeness (QED) is 0.144. The van der Waals surface area contributed by atoms with Crippen LogP contribution in [0, 0.1) is 6.92 Å². The fourth-order valence-corrected chi connectivity index (χ4v) is 8.18. The third-order valence-electron chi connectivity index (χ3n) is 7.56. The molecule has 3 aromatic heterocycles. The first kappa shape index (κ1) is 28.6. The summed E-state index contributed by atoms with van der Waals surface area (Å²) in [6, 6.07) is 13.6. The predicted octanol–water partition coefficient (Wildman–Crippen LogP) is 6.62. The highest BCUT2D eigenvalue weighted by Gasteiger charge is 2.43. The summed E-state index contributed by atoms with van der Waals surface area (Å²) in [7, 11) is -1.00. The van der Waals surface area contributed by atoms with Crippen LogP contribution in [0.1, 0.15) is 29.8 Å². The number of hydrogen-bond acceptors (Lipinski definition) is 9. The largest absolute Gasteiger partial charge is 0.496 e. The molecule has 0 aliphatic heterocycles. The van der Waals surface area contributed by atoms with Gasteiger partial charge in [-0.3, -0.25) is 0 Å². The van der Waals surface area contributed by atoms with E-state index < -0.39 is 15.6 Å². The topological polar surface area (TPSA) is 119 Å². The van der Waals surface area contributed by atoms with E-state index in [4.69, 9.17) is 36.5 Å². The smallest absolute Gasteiger partial charge is 0.269 e. The van der Waals surface area contributed by atoms with Crippen molar-refractivity contribution in [2.24, 2.45) is 0 Å². The molecular formula is C30H29ClN4O5S2. The van der Waals surface area contributed by atoms with E-state index in [9.17, 15) is 8.42 Å². The molecule has 0 radical (unpaired) electrons. The van der Waals surface area contributed by atoms with Crippen molar-refractivity contribution in [1.82, 2.24) is 13.9 Å². The van der Waals surface area contributed by atoms with Gasteiger partial charge >= 0.3 is 0 Å².